The van der Waals surface area contributed by atoms with Crippen molar-refractivity contribution in [1.82, 2.24) is 15.2 Å². The van der Waals surface area contributed by atoms with Crippen LogP contribution in [0.25, 0.3) is 10.2 Å². The Hall–Kier alpha value is -1.78. The number of thiazole rings is 1. The van der Waals surface area contributed by atoms with Crippen LogP contribution in [0.3, 0.4) is 0 Å². The van der Waals surface area contributed by atoms with Crippen molar-refractivity contribution >= 4 is 60.8 Å². The topological polar surface area (TPSA) is 71.0 Å². The van der Waals surface area contributed by atoms with E-state index in [4.69, 9.17) is 0 Å². The molecule has 1 fully saturated rings. The van der Waals surface area contributed by atoms with Crippen LogP contribution in [0.1, 0.15) is 19.8 Å². The van der Waals surface area contributed by atoms with E-state index >= 15 is 0 Å². The molecule has 3 aromatic rings. The predicted molar refractivity (Wildman–Crippen MR) is 109 cm³/mol. The minimum absolute atomic E-state index is 0.0452. The van der Waals surface area contributed by atoms with Crippen molar-refractivity contribution in [3.05, 3.63) is 24.0 Å². The van der Waals surface area contributed by atoms with Gasteiger partial charge in [0.05, 0.1) is 10.6 Å². The maximum Gasteiger partial charge on any atom is 0.231 e. The van der Waals surface area contributed by atoms with Crippen molar-refractivity contribution < 1.29 is 9.18 Å². The molecule has 142 valence electrons. The zero-order valence-electron chi connectivity index (χ0n) is 14.6. The summed E-state index contributed by atoms with van der Waals surface area (Å²) in [4.78, 5) is 19.2. The summed E-state index contributed by atoms with van der Waals surface area (Å²) in [5.41, 5.74) is 0.402. The molecular weight excluding hydrogens is 405 g/mol. The SMILES string of the molecule is CCSc1nnc(NC(=O)C2CCCN(c3nc4c(F)cccc4s3)C2)s1. The maximum absolute atomic E-state index is 13.9. The first kappa shape index (κ1) is 18.6. The van der Waals surface area contributed by atoms with Crippen LogP contribution in [0.15, 0.2) is 22.5 Å². The molecule has 1 atom stereocenters. The molecule has 1 aliphatic heterocycles. The van der Waals surface area contributed by atoms with Crippen LogP contribution in [0.4, 0.5) is 14.7 Å². The summed E-state index contributed by atoms with van der Waals surface area (Å²) in [5, 5.41) is 12.3. The summed E-state index contributed by atoms with van der Waals surface area (Å²) in [7, 11) is 0. The normalized spacial score (nSPS) is 17.4. The Balaban J connectivity index is 1.45. The number of anilines is 2. The molecule has 1 saturated heterocycles. The number of aromatic nitrogens is 3. The molecule has 0 saturated carbocycles. The van der Waals surface area contributed by atoms with Crippen molar-refractivity contribution in [3.8, 4) is 0 Å². The van der Waals surface area contributed by atoms with Gasteiger partial charge in [-0.2, -0.15) is 0 Å². The van der Waals surface area contributed by atoms with Crippen LogP contribution in [0.5, 0.6) is 0 Å². The van der Waals surface area contributed by atoms with Gasteiger partial charge in [0.15, 0.2) is 9.47 Å². The van der Waals surface area contributed by atoms with Gasteiger partial charge in [0.2, 0.25) is 11.0 Å². The minimum Gasteiger partial charge on any atom is -0.347 e. The van der Waals surface area contributed by atoms with Crippen LogP contribution >= 0.6 is 34.4 Å². The number of nitrogens with one attached hydrogen (secondary N) is 1. The van der Waals surface area contributed by atoms with Gasteiger partial charge in [-0.3, -0.25) is 4.79 Å². The number of fused-ring (bicyclic) bond motifs is 1. The highest BCUT2D eigenvalue weighted by molar-refractivity contribution is 8.01. The molecule has 1 aliphatic rings. The quantitative estimate of drug-likeness (QED) is 0.489. The van der Waals surface area contributed by atoms with E-state index in [-0.39, 0.29) is 17.6 Å². The Morgan fingerprint density at radius 2 is 2.30 bits per heavy atom. The molecule has 0 bridgehead atoms. The first-order valence-electron chi connectivity index (χ1n) is 8.71. The third kappa shape index (κ3) is 4.07. The van der Waals surface area contributed by atoms with Gasteiger partial charge < -0.3 is 10.2 Å². The number of thioether (sulfide) groups is 1. The van der Waals surface area contributed by atoms with Crippen molar-refractivity contribution in [1.29, 1.82) is 0 Å². The number of hydrogen-bond acceptors (Lipinski definition) is 8. The van der Waals surface area contributed by atoms with E-state index in [1.54, 1.807) is 17.8 Å². The fourth-order valence-electron chi connectivity index (χ4n) is 3.05. The van der Waals surface area contributed by atoms with E-state index in [1.165, 1.54) is 28.7 Å². The van der Waals surface area contributed by atoms with Crippen LogP contribution in [-0.2, 0) is 4.79 Å². The van der Waals surface area contributed by atoms with Gasteiger partial charge in [-0.25, -0.2) is 9.37 Å². The number of halogens is 1. The van der Waals surface area contributed by atoms with Crippen LogP contribution in [-0.4, -0.2) is 39.9 Å². The second-order valence-electron chi connectivity index (χ2n) is 6.16. The predicted octanol–water partition coefficient (Wildman–Crippen LogP) is 4.25. The summed E-state index contributed by atoms with van der Waals surface area (Å²) in [6.45, 7) is 3.44. The van der Waals surface area contributed by atoms with E-state index in [2.05, 4.69) is 32.3 Å². The summed E-state index contributed by atoms with van der Waals surface area (Å²) in [6.07, 6.45) is 1.71. The second-order valence-corrected chi connectivity index (χ2v) is 9.66. The van der Waals surface area contributed by atoms with Crippen molar-refractivity contribution in [2.45, 2.75) is 24.1 Å². The van der Waals surface area contributed by atoms with Crippen LogP contribution < -0.4 is 10.2 Å². The van der Waals surface area contributed by atoms with Crippen molar-refractivity contribution in [2.75, 3.05) is 29.1 Å². The molecule has 4 rings (SSSR count). The summed E-state index contributed by atoms with van der Waals surface area (Å²) in [5.74, 6) is 0.416. The Bertz CT molecular complexity index is 959. The molecular formula is C17H18FN5OS3. The molecule has 1 aromatic carbocycles. The lowest BCUT2D eigenvalue weighted by Gasteiger charge is -2.31. The molecule has 2 aromatic heterocycles. The van der Waals surface area contributed by atoms with E-state index in [0.29, 0.717) is 17.2 Å². The average molecular weight is 424 g/mol. The first-order chi connectivity index (χ1) is 13.1. The minimum atomic E-state index is -0.307. The van der Waals surface area contributed by atoms with Crippen molar-refractivity contribution in [2.24, 2.45) is 5.92 Å². The maximum atomic E-state index is 13.9. The average Bonchev–Trinajstić information content (AvgIpc) is 3.30. The fourth-order valence-corrected chi connectivity index (χ4v) is 5.72. The molecule has 6 nitrogen and oxygen atoms in total. The Kier molecular flexibility index (Phi) is 5.55. The molecule has 1 N–H and O–H groups in total. The second kappa shape index (κ2) is 8.07. The van der Waals surface area contributed by atoms with Gasteiger partial charge >= 0.3 is 0 Å². The number of nitrogens with zero attached hydrogens (tertiary/aromatic N) is 4. The number of benzene rings is 1. The number of hydrogen-bond donors (Lipinski definition) is 1. The highest BCUT2D eigenvalue weighted by Gasteiger charge is 2.28. The van der Waals surface area contributed by atoms with E-state index < -0.39 is 0 Å². The monoisotopic (exact) mass is 423 g/mol. The van der Waals surface area contributed by atoms with Gasteiger partial charge in [-0.15, -0.1) is 10.2 Å². The third-order valence-corrected chi connectivity index (χ3v) is 7.26. The number of carbonyl (C=O) groups excluding carboxylic acids is 1. The molecule has 0 aliphatic carbocycles. The van der Waals surface area contributed by atoms with Crippen LogP contribution in [0.2, 0.25) is 0 Å². The Morgan fingerprint density at radius 1 is 1.41 bits per heavy atom. The molecule has 1 unspecified atom stereocenters. The lowest BCUT2D eigenvalue weighted by molar-refractivity contribution is -0.120. The van der Waals surface area contributed by atoms with Gasteiger partial charge in [-0.05, 0) is 30.7 Å². The lowest BCUT2D eigenvalue weighted by Crippen LogP contribution is -2.40. The largest absolute Gasteiger partial charge is 0.347 e. The van der Waals surface area contributed by atoms with Gasteiger partial charge in [0, 0.05) is 13.1 Å². The number of para-hydroxylation sites is 1. The highest BCUT2D eigenvalue weighted by Crippen LogP contribution is 2.33. The van der Waals surface area contributed by atoms with Crippen LogP contribution in [0, 0.1) is 11.7 Å². The standard InChI is InChI=1S/C17H18FN5OS3/c1-2-25-17-22-21-15(27-17)20-14(24)10-5-4-8-23(9-10)16-19-13-11(18)6-3-7-12(13)26-16/h3,6-7,10H,2,4-5,8-9H2,1H3,(H,20,21,24). The third-order valence-electron chi connectivity index (χ3n) is 4.33. The van der Waals surface area contributed by atoms with E-state index in [1.807, 2.05) is 6.07 Å². The molecule has 0 radical (unpaired) electrons. The summed E-state index contributed by atoms with van der Waals surface area (Å²) < 4.78 is 15.6. The zero-order valence-corrected chi connectivity index (χ0v) is 17.1. The smallest absolute Gasteiger partial charge is 0.231 e. The fraction of sp³-hybridized carbons (Fsp3) is 0.412. The van der Waals surface area contributed by atoms with Gasteiger partial charge in [0.1, 0.15) is 11.3 Å². The molecule has 3 heterocycles. The molecule has 27 heavy (non-hydrogen) atoms. The van der Waals surface area contributed by atoms with Gasteiger partial charge in [0.25, 0.3) is 0 Å². The van der Waals surface area contributed by atoms with E-state index in [0.717, 1.165) is 39.3 Å². The number of rotatable bonds is 5. The number of piperidine rings is 1. The van der Waals surface area contributed by atoms with E-state index in [9.17, 15) is 9.18 Å². The Labute approximate surface area is 168 Å². The van der Waals surface area contributed by atoms with Gasteiger partial charge in [-0.1, -0.05) is 47.4 Å². The van der Waals surface area contributed by atoms with Crippen molar-refractivity contribution in [3.63, 3.8) is 0 Å². The number of amides is 1. The Morgan fingerprint density at radius 3 is 3.11 bits per heavy atom. The summed E-state index contributed by atoms with van der Waals surface area (Å²) in [6, 6.07) is 4.99. The first-order valence-corrected chi connectivity index (χ1v) is 11.3. The zero-order chi connectivity index (χ0) is 18.8. The number of carbonyl (C=O) groups is 1. The molecule has 10 heteroatoms. The molecule has 1 amide bonds. The molecule has 0 spiro atoms. The highest BCUT2D eigenvalue weighted by atomic mass is 32.2. The summed E-state index contributed by atoms with van der Waals surface area (Å²) >= 11 is 4.47. The lowest BCUT2D eigenvalue weighted by atomic mass is 9.98.